The lowest BCUT2D eigenvalue weighted by molar-refractivity contribution is 0.183. The van der Waals surface area contributed by atoms with Crippen LogP contribution in [0.4, 0.5) is 5.69 Å². The number of anilines is 1. The van der Waals surface area contributed by atoms with E-state index in [1.54, 1.807) is 0 Å². The van der Waals surface area contributed by atoms with Crippen LogP contribution in [-0.2, 0) is 6.61 Å². The highest BCUT2D eigenvalue weighted by atomic mass is 35.5. The monoisotopic (exact) mass is 410 g/mol. The minimum absolute atomic E-state index is 0.432. The normalized spacial score (nSPS) is 14.8. The zero-order valence-electron chi connectivity index (χ0n) is 16.6. The van der Waals surface area contributed by atoms with Crippen LogP contribution in [0.25, 0.3) is 10.8 Å². The highest BCUT2D eigenvalue weighted by Gasteiger charge is 2.11. The van der Waals surface area contributed by atoms with Crippen LogP contribution in [-0.4, -0.2) is 31.1 Å². The predicted molar refractivity (Wildman–Crippen MR) is 120 cm³/mol. The number of nitrogen functional groups attached to an aromatic ring is 1. The van der Waals surface area contributed by atoms with E-state index in [2.05, 4.69) is 4.90 Å². The number of piperidine rings is 1. The molecule has 3 aromatic rings. The third-order valence-electron chi connectivity index (χ3n) is 5.42. The van der Waals surface area contributed by atoms with Crippen molar-refractivity contribution in [3.8, 4) is 11.5 Å². The van der Waals surface area contributed by atoms with Gasteiger partial charge in [-0.05, 0) is 55.8 Å². The Bertz CT molecular complexity index is 970. The Labute approximate surface area is 177 Å². The van der Waals surface area contributed by atoms with Crippen molar-refractivity contribution in [2.45, 2.75) is 25.9 Å². The van der Waals surface area contributed by atoms with Gasteiger partial charge >= 0.3 is 0 Å². The van der Waals surface area contributed by atoms with Crippen molar-refractivity contribution in [1.29, 1.82) is 0 Å². The summed E-state index contributed by atoms with van der Waals surface area (Å²) in [5, 5.41) is 2.63. The lowest BCUT2D eigenvalue weighted by atomic mass is 10.1. The maximum atomic E-state index is 6.44. The Morgan fingerprint density at radius 1 is 0.862 bits per heavy atom. The number of hydrogen-bond acceptors (Lipinski definition) is 4. The molecule has 1 aliphatic heterocycles. The Balaban J connectivity index is 1.35. The summed E-state index contributed by atoms with van der Waals surface area (Å²) < 4.78 is 12.0. The van der Waals surface area contributed by atoms with Crippen LogP contribution >= 0.6 is 11.6 Å². The highest BCUT2D eigenvalue weighted by Crippen LogP contribution is 2.31. The van der Waals surface area contributed by atoms with Crippen LogP contribution < -0.4 is 15.2 Å². The Hall–Kier alpha value is -2.43. The number of halogens is 1. The van der Waals surface area contributed by atoms with E-state index < -0.39 is 0 Å². The average Bonchev–Trinajstić information content (AvgIpc) is 2.76. The van der Waals surface area contributed by atoms with E-state index in [1.807, 2.05) is 54.6 Å². The molecule has 3 aromatic carbocycles. The number of nitrogens with two attached hydrogens (primary N) is 1. The third kappa shape index (κ3) is 4.95. The number of rotatable bonds is 7. The summed E-state index contributed by atoms with van der Waals surface area (Å²) >= 11 is 6.44. The molecule has 152 valence electrons. The van der Waals surface area contributed by atoms with Crippen LogP contribution in [0.1, 0.15) is 24.8 Å². The maximum absolute atomic E-state index is 6.44. The molecule has 0 bridgehead atoms. The Morgan fingerprint density at radius 2 is 1.62 bits per heavy atom. The number of nitrogens with zero attached hydrogens (tertiary/aromatic N) is 1. The summed E-state index contributed by atoms with van der Waals surface area (Å²) in [4.78, 5) is 2.45. The number of fused-ring (bicyclic) bond motifs is 1. The first-order valence-corrected chi connectivity index (χ1v) is 10.6. The van der Waals surface area contributed by atoms with Gasteiger partial charge in [0.25, 0.3) is 0 Å². The second kappa shape index (κ2) is 9.38. The summed E-state index contributed by atoms with van der Waals surface area (Å²) in [5.41, 5.74) is 7.82. The molecule has 29 heavy (non-hydrogen) atoms. The van der Waals surface area contributed by atoms with E-state index in [-0.39, 0.29) is 0 Å². The molecule has 2 N–H and O–H groups in total. The van der Waals surface area contributed by atoms with E-state index in [0.29, 0.717) is 18.2 Å². The van der Waals surface area contributed by atoms with E-state index in [4.69, 9.17) is 26.8 Å². The number of ether oxygens (including phenoxy) is 2. The zero-order chi connectivity index (χ0) is 20.1. The molecule has 0 saturated carbocycles. The van der Waals surface area contributed by atoms with Crippen molar-refractivity contribution >= 4 is 28.1 Å². The van der Waals surface area contributed by atoms with Gasteiger partial charge in [-0.3, -0.25) is 4.90 Å². The predicted octanol–water partition coefficient (Wildman–Crippen LogP) is 5.52. The fourth-order valence-corrected chi connectivity index (χ4v) is 4.06. The van der Waals surface area contributed by atoms with Gasteiger partial charge in [0.15, 0.2) is 0 Å². The Morgan fingerprint density at radius 3 is 2.41 bits per heavy atom. The number of likely N-dealkylation sites (tertiary alicyclic amines) is 1. The number of hydrogen-bond donors (Lipinski definition) is 1. The molecule has 0 aromatic heterocycles. The molecule has 5 heteroatoms. The summed E-state index contributed by atoms with van der Waals surface area (Å²) in [6, 6.07) is 17.6. The molecule has 4 rings (SSSR count). The van der Waals surface area contributed by atoms with Gasteiger partial charge in [0.2, 0.25) is 0 Å². The third-order valence-corrected chi connectivity index (χ3v) is 5.72. The fraction of sp³-hybridized carbons (Fsp3) is 0.333. The van der Waals surface area contributed by atoms with Gasteiger partial charge in [-0.2, -0.15) is 0 Å². The molecule has 1 saturated heterocycles. The van der Waals surface area contributed by atoms with Crippen molar-refractivity contribution in [2.24, 2.45) is 0 Å². The minimum atomic E-state index is 0.432. The minimum Gasteiger partial charge on any atom is -0.491 e. The smallest absolute Gasteiger partial charge is 0.137 e. The maximum Gasteiger partial charge on any atom is 0.137 e. The Kier molecular flexibility index (Phi) is 6.43. The first-order chi connectivity index (χ1) is 14.2. The van der Waals surface area contributed by atoms with Crippen LogP contribution in [0.3, 0.4) is 0 Å². The van der Waals surface area contributed by atoms with Crippen molar-refractivity contribution in [3.05, 3.63) is 65.2 Å². The largest absolute Gasteiger partial charge is 0.491 e. The summed E-state index contributed by atoms with van der Waals surface area (Å²) in [5.74, 6) is 1.54. The molecular formula is C24H27ClN2O2. The molecule has 4 nitrogen and oxygen atoms in total. The summed E-state index contributed by atoms with van der Waals surface area (Å²) in [7, 11) is 0. The number of benzene rings is 3. The average molecular weight is 411 g/mol. The van der Waals surface area contributed by atoms with Gasteiger partial charge in [0.05, 0.1) is 5.02 Å². The van der Waals surface area contributed by atoms with E-state index in [0.717, 1.165) is 40.1 Å². The topological polar surface area (TPSA) is 47.7 Å². The van der Waals surface area contributed by atoms with Crippen molar-refractivity contribution in [2.75, 3.05) is 32.0 Å². The van der Waals surface area contributed by atoms with Gasteiger partial charge in [-0.25, -0.2) is 0 Å². The molecule has 0 amide bonds. The van der Waals surface area contributed by atoms with Crippen LogP contribution in [0.5, 0.6) is 11.5 Å². The van der Waals surface area contributed by atoms with Gasteiger partial charge in [0, 0.05) is 23.0 Å². The molecule has 0 atom stereocenters. The molecule has 1 heterocycles. The van der Waals surface area contributed by atoms with Gasteiger partial charge < -0.3 is 15.2 Å². The highest BCUT2D eigenvalue weighted by molar-refractivity contribution is 6.32. The first-order valence-electron chi connectivity index (χ1n) is 10.2. The second-order valence-electron chi connectivity index (χ2n) is 7.50. The molecule has 1 aliphatic rings. The molecule has 0 spiro atoms. The standard InChI is InChI=1S/C24H27ClN2O2/c25-21-16-18(8-10-24(21)28-15-14-27-12-4-1-5-13-27)17-29-23-11-9-22(26)19-6-2-3-7-20(19)23/h2-3,6-11,16H,1,4-5,12-15,17,26H2. The lowest BCUT2D eigenvalue weighted by Crippen LogP contribution is -2.33. The molecule has 0 aliphatic carbocycles. The van der Waals surface area contributed by atoms with Crippen molar-refractivity contribution in [3.63, 3.8) is 0 Å². The van der Waals surface area contributed by atoms with E-state index in [9.17, 15) is 0 Å². The molecular weight excluding hydrogens is 384 g/mol. The molecule has 1 fully saturated rings. The van der Waals surface area contributed by atoms with E-state index >= 15 is 0 Å². The van der Waals surface area contributed by atoms with Crippen LogP contribution in [0.2, 0.25) is 5.02 Å². The summed E-state index contributed by atoms with van der Waals surface area (Å²) in [6.45, 7) is 4.39. The molecule has 0 unspecified atom stereocenters. The van der Waals surface area contributed by atoms with Gasteiger partial charge in [-0.15, -0.1) is 0 Å². The lowest BCUT2D eigenvalue weighted by Gasteiger charge is -2.26. The van der Waals surface area contributed by atoms with Crippen LogP contribution in [0.15, 0.2) is 54.6 Å². The second-order valence-corrected chi connectivity index (χ2v) is 7.91. The van der Waals surface area contributed by atoms with Crippen LogP contribution in [0, 0.1) is 0 Å². The molecule has 0 radical (unpaired) electrons. The van der Waals surface area contributed by atoms with Gasteiger partial charge in [0.1, 0.15) is 24.7 Å². The quantitative estimate of drug-likeness (QED) is 0.521. The van der Waals surface area contributed by atoms with Gasteiger partial charge in [-0.1, -0.05) is 48.4 Å². The summed E-state index contributed by atoms with van der Waals surface area (Å²) in [6.07, 6.45) is 3.93. The van der Waals surface area contributed by atoms with Crippen molar-refractivity contribution in [1.82, 2.24) is 4.90 Å². The SMILES string of the molecule is Nc1ccc(OCc2ccc(OCCN3CCCCC3)c(Cl)c2)c2ccccc12. The zero-order valence-corrected chi connectivity index (χ0v) is 17.3. The fourth-order valence-electron chi connectivity index (χ4n) is 3.80. The van der Waals surface area contributed by atoms with Crippen molar-refractivity contribution < 1.29 is 9.47 Å². The van der Waals surface area contributed by atoms with E-state index in [1.165, 1.54) is 32.4 Å². The first kappa shape index (κ1) is 19.9.